The Morgan fingerprint density at radius 2 is 1.60 bits per heavy atom. The van der Waals surface area contributed by atoms with Gasteiger partial charge in [-0.1, -0.05) is 20.1 Å². The van der Waals surface area contributed by atoms with Gasteiger partial charge in [0.2, 0.25) is 0 Å². The summed E-state index contributed by atoms with van der Waals surface area (Å²) in [5.74, 6) is 0.348. The van der Waals surface area contributed by atoms with E-state index in [1.807, 2.05) is 12.1 Å². The van der Waals surface area contributed by atoms with Crippen LogP contribution in [0.5, 0.6) is 5.75 Å². The first-order valence-electron chi connectivity index (χ1n) is 3.16. The van der Waals surface area contributed by atoms with E-state index in [1.54, 1.807) is 12.1 Å². The lowest BCUT2D eigenvalue weighted by molar-refractivity contribution is 0.475. The topological polar surface area (TPSA) is 20.2 Å². The van der Waals surface area contributed by atoms with Crippen molar-refractivity contribution >= 4 is 13.2 Å². The predicted octanol–water partition coefficient (Wildman–Crippen LogP) is 1.76. The Morgan fingerprint density at radius 3 is 2.00 bits per heavy atom. The zero-order valence-corrected chi connectivity index (χ0v) is 7.10. The van der Waals surface area contributed by atoms with Gasteiger partial charge >= 0.3 is 0 Å². The van der Waals surface area contributed by atoms with E-state index in [4.69, 9.17) is 5.11 Å². The maximum Gasteiger partial charge on any atom is 0.115 e. The van der Waals surface area contributed by atoms with Crippen molar-refractivity contribution in [2.24, 2.45) is 0 Å². The fourth-order valence-electron chi connectivity index (χ4n) is 0.751. The Kier molecular flexibility index (Phi) is 2.29. The summed E-state index contributed by atoms with van der Waals surface area (Å²) in [4.78, 5) is 0. The second-order valence-electron chi connectivity index (χ2n) is 2.41. The first-order chi connectivity index (χ1) is 4.70. The van der Waals surface area contributed by atoms with E-state index < -0.39 is 0 Å². The Balaban J connectivity index is 2.89. The lowest BCUT2D eigenvalue weighted by Crippen LogP contribution is -1.95. The van der Waals surface area contributed by atoms with Gasteiger partial charge in [0, 0.05) is 0 Å². The SMILES string of the molecule is CP(C)c1ccc(O)cc1. The summed E-state index contributed by atoms with van der Waals surface area (Å²) < 4.78 is 0. The maximum atomic E-state index is 8.95. The monoisotopic (exact) mass is 154 g/mol. The van der Waals surface area contributed by atoms with Gasteiger partial charge in [-0.2, -0.15) is 0 Å². The molecule has 0 atom stereocenters. The van der Waals surface area contributed by atoms with Gasteiger partial charge < -0.3 is 5.11 Å². The summed E-state index contributed by atoms with van der Waals surface area (Å²) >= 11 is 0. The van der Waals surface area contributed by atoms with Crippen molar-refractivity contribution in [3.63, 3.8) is 0 Å². The summed E-state index contributed by atoms with van der Waals surface area (Å²) in [7, 11) is -0.0191. The van der Waals surface area contributed by atoms with Crippen LogP contribution in [0.2, 0.25) is 0 Å². The molecule has 0 saturated heterocycles. The molecule has 0 saturated carbocycles. The molecule has 0 aliphatic heterocycles. The minimum absolute atomic E-state index is 0.0191. The molecule has 10 heavy (non-hydrogen) atoms. The molecule has 0 aliphatic carbocycles. The molecule has 54 valence electrons. The van der Waals surface area contributed by atoms with Crippen molar-refractivity contribution in [3.8, 4) is 5.75 Å². The average Bonchev–Trinajstić information content (AvgIpc) is 1.88. The lowest BCUT2D eigenvalue weighted by Gasteiger charge is -2.03. The number of hydrogen-bond acceptors (Lipinski definition) is 1. The molecular weight excluding hydrogens is 143 g/mol. The fourth-order valence-corrected chi connectivity index (χ4v) is 1.50. The highest BCUT2D eigenvalue weighted by Gasteiger charge is 1.95. The van der Waals surface area contributed by atoms with Gasteiger partial charge in [-0.05, 0) is 30.8 Å². The van der Waals surface area contributed by atoms with Crippen LogP contribution in [0.3, 0.4) is 0 Å². The Morgan fingerprint density at radius 1 is 1.10 bits per heavy atom. The Labute approximate surface area is 62.5 Å². The van der Waals surface area contributed by atoms with E-state index in [-0.39, 0.29) is 7.92 Å². The summed E-state index contributed by atoms with van der Waals surface area (Å²) in [6, 6.07) is 7.41. The van der Waals surface area contributed by atoms with Crippen molar-refractivity contribution in [2.45, 2.75) is 0 Å². The first-order valence-corrected chi connectivity index (χ1v) is 5.40. The highest BCUT2D eigenvalue weighted by molar-refractivity contribution is 7.64. The molecule has 0 unspecified atom stereocenters. The van der Waals surface area contributed by atoms with E-state index in [2.05, 4.69) is 13.3 Å². The number of benzene rings is 1. The molecule has 2 heteroatoms. The highest BCUT2D eigenvalue weighted by Crippen LogP contribution is 2.23. The van der Waals surface area contributed by atoms with Crippen molar-refractivity contribution in [1.29, 1.82) is 0 Å². The zero-order chi connectivity index (χ0) is 7.56. The second-order valence-corrected chi connectivity index (χ2v) is 4.72. The predicted molar refractivity (Wildman–Crippen MR) is 46.5 cm³/mol. The quantitative estimate of drug-likeness (QED) is 0.611. The van der Waals surface area contributed by atoms with E-state index in [1.165, 1.54) is 5.30 Å². The Hall–Kier alpha value is -0.550. The van der Waals surface area contributed by atoms with Crippen LogP contribution in [0.4, 0.5) is 0 Å². The van der Waals surface area contributed by atoms with Gasteiger partial charge in [-0.15, -0.1) is 0 Å². The van der Waals surface area contributed by atoms with Crippen molar-refractivity contribution in [1.82, 2.24) is 0 Å². The fraction of sp³-hybridized carbons (Fsp3) is 0.250. The zero-order valence-electron chi connectivity index (χ0n) is 6.20. The van der Waals surface area contributed by atoms with Crippen molar-refractivity contribution in [3.05, 3.63) is 24.3 Å². The van der Waals surface area contributed by atoms with Crippen LogP contribution in [0.1, 0.15) is 0 Å². The average molecular weight is 154 g/mol. The van der Waals surface area contributed by atoms with E-state index >= 15 is 0 Å². The molecule has 1 N–H and O–H groups in total. The van der Waals surface area contributed by atoms with Gasteiger partial charge in [0.15, 0.2) is 0 Å². The molecule has 0 amide bonds. The van der Waals surface area contributed by atoms with Crippen molar-refractivity contribution < 1.29 is 5.11 Å². The standard InChI is InChI=1S/C8H11OP/c1-10(2)8-5-3-7(9)4-6-8/h3-6,9H,1-2H3. The number of phenols is 1. The molecular formula is C8H11OP. The smallest absolute Gasteiger partial charge is 0.115 e. The van der Waals surface area contributed by atoms with Crippen LogP contribution in [0, 0.1) is 0 Å². The lowest BCUT2D eigenvalue weighted by atomic mass is 10.3. The third kappa shape index (κ3) is 1.71. The van der Waals surface area contributed by atoms with Gasteiger partial charge in [0.05, 0.1) is 0 Å². The first kappa shape index (κ1) is 7.56. The normalized spacial score (nSPS) is 10.3. The van der Waals surface area contributed by atoms with Crippen LogP contribution in [0.25, 0.3) is 0 Å². The number of hydrogen-bond donors (Lipinski definition) is 1. The summed E-state index contributed by atoms with van der Waals surface area (Å²) in [5.41, 5.74) is 0. The van der Waals surface area contributed by atoms with Crippen molar-refractivity contribution in [2.75, 3.05) is 13.3 Å². The van der Waals surface area contributed by atoms with Gasteiger partial charge in [-0.3, -0.25) is 0 Å². The van der Waals surface area contributed by atoms with Crippen LogP contribution >= 0.6 is 7.92 Å². The molecule has 1 nitrogen and oxygen atoms in total. The molecule has 0 radical (unpaired) electrons. The van der Waals surface area contributed by atoms with Crippen LogP contribution in [-0.2, 0) is 0 Å². The van der Waals surface area contributed by atoms with Gasteiger partial charge in [0.25, 0.3) is 0 Å². The minimum atomic E-state index is -0.0191. The van der Waals surface area contributed by atoms with Gasteiger partial charge in [0.1, 0.15) is 5.75 Å². The number of rotatable bonds is 1. The molecule has 0 spiro atoms. The highest BCUT2D eigenvalue weighted by atomic mass is 31.1. The summed E-state index contributed by atoms with van der Waals surface area (Å²) in [5, 5.41) is 10.3. The summed E-state index contributed by atoms with van der Waals surface area (Å²) in [6.07, 6.45) is 0. The third-order valence-corrected chi connectivity index (χ3v) is 2.70. The Bertz CT molecular complexity index is 203. The molecule has 0 aliphatic rings. The molecule has 0 fully saturated rings. The molecule has 1 rings (SSSR count). The number of aromatic hydroxyl groups is 1. The minimum Gasteiger partial charge on any atom is -0.508 e. The third-order valence-electron chi connectivity index (χ3n) is 1.37. The maximum absolute atomic E-state index is 8.95. The van der Waals surface area contributed by atoms with E-state index in [9.17, 15) is 0 Å². The van der Waals surface area contributed by atoms with E-state index in [0.717, 1.165) is 0 Å². The molecule has 0 aromatic heterocycles. The molecule has 0 bridgehead atoms. The van der Waals surface area contributed by atoms with E-state index in [0.29, 0.717) is 5.75 Å². The summed E-state index contributed by atoms with van der Waals surface area (Å²) in [6.45, 7) is 4.39. The molecule has 1 aromatic carbocycles. The molecule has 0 heterocycles. The van der Waals surface area contributed by atoms with Gasteiger partial charge in [-0.25, -0.2) is 0 Å². The largest absolute Gasteiger partial charge is 0.508 e. The molecule has 1 aromatic rings. The van der Waals surface area contributed by atoms with Crippen LogP contribution in [-0.4, -0.2) is 18.4 Å². The second kappa shape index (κ2) is 3.03. The van der Waals surface area contributed by atoms with Crippen LogP contribution in [0.15, 0.2) is 24.3 Å². The van der Waals surface area contributed by atoms with Crippen LogP contribution < -0.4 is 5.30 Å². The number of phenolic OH excluding ortho intramolecular Hbond substituents is 1.